The molecule has 1 heterocycles. The van der Waals surface area contributed by atoms with Crippen LogP contribution >= 0.6 is 15.9 Å². The fourth-order valence-electron chi connectivity index (χ4n) is 3.03. The number of hydrogen-bond acceptors (Lipinski definition) is 3. The number of anilines is 2. The summed E-state index contributed by atoms with van der Waals surface area (Å²) in [7, 11) is 0. The van der Waals surface area contributed by atoms with Crippen molar-refractivity contribution >= 4 is 45.0 Å². The molecule has 3 amide bonds. The van der Waals surface area contributed by atoms with E-state index in [0.29, 0.717) is 24.3 Å². The largest absolute Gasteiger partial charge is 0.352 e. The van der Waals surface area contributed by atoms with Crippen molar-refractivity contribution in [2.24, 2.45) is 5.92 Å². The zero-order valence-electron chi connectivity index (χ0n) is 14.9. The second kappa shape index (κ2) is 8.35. The first kappa shape index (κ1) is 19.1. The number of benzene rings is 2. The zero-order valence-corrected chi connectivity index (χ0v) is 16.5. The second-order valence-electron chi connectivity index (χ2n) is 6.28. The van der Waals surface area contributed by atoms with Gasteiger partial charge in [-0.15, -0.1) is 0 Å². The van der Waals surface area contributed by atoms with Gasteiger partial charge in [0.1, 0.15) is 0 Å². The Morgan fingerprint density at radius 2 is 1.85 bits per heavy atom. The molecule has 0 spiro atoms. The van der Waals surface area contributed by atoms with Crippen LogP contribution < -0.4 is 15.5 Å². The van der Waals surface area contributed by atoms with Gasteiger partial charge in [0.25, 0.3) is 5.91 Å². The smallest absolute Gasteiger partial charge is 0.253 e. The van der Waals surface area contributed by atoms with Gasteiger partial charge in [-0.1, -0.05) is 28.1 Å². The molecule has 6 nitrogen and oxygen atoms in total. The maximum atomic E-state index is 12.7. The Bertz CT molecular complexity index is 867. The van der Waals surface area contributed by atoms with E-state index in [9.17, 15) is 14.4 Å². The quantitative estimate of drug-likeness (QED) is 0.765. The van der Waals surface area contributed by atoms with E-state index in [0.717, 1.165) is 10.2 Å². The summed E-state index contributed by atoms with van der Waals surface area (Å²) in [6, 6.07) is 14.2. The number of nitrogens with one attached hydrogen (secondary N) is 2. The minimum absolute atomic E-state index is 0.0884. The summed E-state index contributed by atoms with van der Waals surface area (Å²) in [6.45, 7) is 2.65. The molecule has 0 aromatic heterocycles. The molecule has 1 fully saturated rings. The van der Waals surface area contributed by atoms with Gasteiger partial charge in [0, 0.05) is 29.7 Å². The van der Waals surface area contributed by atoms with Gasteiger partial charge in [-0.2, -0.15) is 0 Å². The molecule has 1 atom stereocenters. The minimum Gasteiger partial charge on any atom is -0.352 e. The third-order valence-electron chi connectivity index (χ3n) is 4.40. The molecule has 0 unspecified atom stereocenters. The number of carbonyl (C=O) groups is 3. The Balaban J connectivity index is 1.72. The van der Waals surface area contributed by atoms with Gasteiger partial charge in [0.15, 0.2) is 0 Å². The summed E-state index contributed by atoms with van der Waals surface area (Å²) in [6.07, 6.45) is 0.144. The third-order valence-corrected chi connectivity index (χ3v) is 4.93. The normalized spacial score (nSPS) is 16.3. The highest BCUT2D eigenvalue weighted by atomic mass is 79.9. The predicted octanol–water partition coefficient (Wildman–Crippen LogP) is 3.19. The van der Waals surface area contributed by atoms with E-state index < -0.39 is 5.92 Å². The van der Waals surface area contributed by atoms with Crippen molar-refractivity contribution in [3.05, 3.63) is 58.6 Å². The van der Waals surface area contributed by atoms with Gasteiger partial charge in [0.05, 0.1) is 17.2 Å². The number of halogens is 1. The summed E-state index contributed by atoms with van der Waals surface area (Å²) < 4.78 is 0.925. The Labute approximate surface area is 166 Å². The van der Waals surface area contributed by atoms with Crippen LogP contribution in [0.1, 0.15) is 23.7 Å². The summed E-state index contributed by atoms with van der Waals surface area (Å²) in [4.78, 5) is 38.8. The summed E-state index contributed by atoms with van der Waals surface area (Å²) >= 11 is 3.37. The summed E-state index contributed by atoms with van der Waals surface area (Å²) in [5.74, 6) is -1.06. The fraction of sp³-hybridized carbons (Fsp3) is 0.250. The minimum atomic E-state index is -0.469. The van der Waals surface area contributed by atoms with Crippen LogP contribution in [-0.4, -0.2) is 30.8 Å². The molecule has 2 N–H and O–H groups in total. The topological polar surface area (TPSA) is 78.5 Å². The van der Waals surface area contributed by atoms with E-state index in [2.05, 4.69) is 26.6 Å². The second-order valence-corrected chi connectivity index (χ2v) is 7.19. The molecule has 3 rings (SSSR count). The number of carbonyl (C=O) groups excluding carboxylic acids is 3. The van der Waals surface area contributed by atoms with E-state index >= 15 is 0 Å². The van der Waals surface area contributed by atoms with Crippen LogP contribution in [0.5, 0.6) is 0 Å². The van der Waals surface area contributed by atoms with Gasteiger partial charge >= 0.3 is 0 Å². The first-order valence-electron chi connectivity index (χ1n) is 8.73. The summed E-state index contributed by atoms with van der Waals surface area (Å²) in [5, 5.41) is 5.54. The zero-order chi connectivity index (χ0) is 19.4. The number of hydrogen-bond donors (Lipinski definition) is 2. The van der Waals surface area contributed by atoms with Crippen molar-refractivity contribution in [2.75, 3.05) is 23.3 Å². The molecule has 1 aliphatic rings. The molecule has 0 saturated carbocycles. The van der Waals surface area contributed by atoms with Crippen molar-refractivity contribution in [1.29, 1.82) is 0 Å². The van der Waals surface area contributed by atoms with Gasteiger partial charge in [-0.3, -0.25) is 14.4 Å². The predicted molar refractivity (Wildman–Crippen MR) is 108 cm³/mol. The number of amides is 3. The number of para-hydroxylation sites is 1. The monoisotopic (exact) mass is 429 g/mol. The molecule has 1 aliphatic heterocycles. The lowest BCUT2D eigenvalue weighted by atomic mass is 10.1. The molecule has 0 radical (unpaired) electrons. The van der Waals surface area contributed by atoms with Crippen LogP contribution in [0.3, 0.4) is 0 Å². The molecule has 2 aromatic carbocycles. The van der Waals surface area contributed by atoms with Crippen LogP contribution in [0.4, 0.5) is 11.4 Å². The van der Waals surface area contributed by atoms with Gasteiger partial charge in [0.2, 0.25) is 11.8 Å². The van der Waals surface area contributed by atoms with Gasteiger partial charge in [-0.05, 0) is 43.3 Å². The van der Waals surface area contributed by atoms with Crippen LogP contribution in [0.25, 0.3) is 0 Å². The van der Waals surface area contributed by atoms with Crippen molar-refractivity contribution in [3.63, 3.8) is 0 Å². The Morgan fingerprint density at radius 3 is 2.56 bits per heavy atom. The molecule has 0 bridgehead atoms. The van der Waals surface area contributed by atoms with Crippen molar-refractivity contribution in [2.45, 2.75) is 13.3 Å². The van der Waals surface area contributed by atoms with Gasteiger partial charge in [-0.25, -0.2) is 0 Å². The van der Waals surface area contributed by atoms with Crippen molar-refractivity contribution in [1.82, 2.24) is 5.32 Å². The maximum absolute atomic E-state index is 12.7. The lowest BCUT2D eigenvalue weighted by molar-refractivity contribution is -0.122. The Hall–Kier alpha value is -2.67. The Morgan fingerprint density at radius 1 is 1.15 bits per heavy atom. The summed E-state index contributed by atoms with van der Waals surface area (Å²) in [5.41, 5.74) is 1.62. The molecule has 2 aromatic rings. The van der Waals surface area contributed by atoms with Crippen LogP contribution in [-0.2, 0) is 9.59 Å². The third kappa shape index (κ3) is 4.36. The van der Waals surface area contributed by atoms with Crippen LogP contribution in [0.2, 0.25) is 0 Å². The van der Waals surface area contributed by atoms with Gasteiger partial charge < -0.3 is 15.5 Å². The molecule has 0 aliphatic carbocycles. The van der Waals surface area contributed by atoms with E-state index in [1.807, 2.05) is 31.2 Å². The number of rotatable bonds is 5. The van der Waals surface area contributed by atoms with Crippen molar-refractivity contribution < 1.29 is 14.4 Å². The Kier molecular flexibility index (Phi) is 5.91. The molecular weight excluding hydrogens is 410 g/mol. The molecule has 140 valence electrons. The lowest BCUT2D eigenvalue weighted by Gasteiger charge is -2.17. The number of nitrogens with zero attached hydrogens (tertiary/aromatic N) is 1. The first-order valence-corrected chi connectivity index (χ1v) is 9.53. The molecule has 7 heteroatoms. The van der Waals surface area contributed by atoms with E-state index in [1.165, 1.54) is 0 Å². The molecular formula is C20H20BrN3O3. The van der Waals surface area contributed by atoms with E-state index in [4.69, 9.17) is 0 Å². The average molecular weight is 430 g/mol. The maximum Gasteiger partial charge on any atom is 0.253 e. The highest BCUT2D eigenvalue weighted by Crippen LogP contribution is 2.27. The highest BCUT2D eigenvalue weighted by molar-refractivity contribution is 9.10. The lowest BCUT2D eigenvalue weighted by Crippen LogP contribution is -2.29. The SMILES string of the molecule is CCNC(=O)c1ccccc1NC(=O)[C@H]1CC(=O)N(c2ccc(Br)cc2)C1. The molecule has 1 saturated heterocycles. The first-order chi connectivity index (χ1) is 13.0. The van der Waals surface area contributed by atoms with E-state index in [1.54, 1.807) is 29.2 Å². The molecule has 27 heavy (non-hydrogen) atoms. The van der Waals surface area contributed by atoms with Crippen LogP contribution in [0, 0.1) is 5.92 Å². The average Bonchev–Trinajstić information content (AvgIpc) is 3.05. The fourth-order valence-corrected chi connectivity index (χ4v) is 3.30. The standard InChI is InChI=1S/C20H20BrN3O3/c1-2-22-20(27)16-5-3-4-6-17(16)23-19(26)13-11-18(25)24(12-13)15-9-7-14(21)8-10-15/h3-10,13H,2,11-12H2,1H3,(H,22,27)(H,23,26)/t13-/m0/s1. The highest BCUT2D eigenvalue weighted by Gasteiger charge is 2.35. The van der Waals surface area contributed by atoms with Crippen molar-refractivity contribution in [3.8, 4) is 0 Å². The van der Waals surface area contributed by atoms with Crippen LogP contribution in [0.15, 0.2) is 53.0 Å². The van der Waals surface area contributed by atoms with E-state index in [-0.39, 0.29) is 24.1 Å².